The van der Waals surface area contributed by atoms with E-state index in [0.29, 0.717) is 12.0 Å². The van der Waals surface area contributed by atoms with Crippen LogP contribution < -0.4 is 15.7 Å². The van der Waals surface area contributed by atoms with E-state index < -0.39 is 17.5 Å². The van der Waals surface area contributed by atoms with Gasteiger partial charge >= 0.3 is 149 Å². The van der Waals surface area contributed by atoms with E-state index in [1.807, 2.05) is 18.2 Å². The first-order valence-electron chi connectivity index (χ1n) is 7.78. The molecule has 1 aromatic heterocycles. The van der Waals surface area contributed by atoms with Crippen LogP contribution in [0.5, 0.6) is 0 Å². The molecule has 0 spiro atoms. The van der Waals surface area contributed by atoms with Crippen LogP contribution in [-0.4, -0.2) is 36.7 Å². The Bertz CT molecular complexity index is 904. The molecule has 1 fully saturated rings. The first kappa shape index (κ1) is 17.5. The van der Waals surface area contributed by atoms with Gasteiger partial charge in [0.1, 0.15) is 0 Å². The molecule has 3 atom stereocenters. The van der Waals surface area contributed by atoms with Crippen molar-refractivity contribution < 1.29 is 4.74 Å². The van der Waals surface area contributed by atoms with E-state index in [-0.39, 0.29) is 27.1 Å². The van der Waals surface area contributed by atoms with E-state index in [4.69, 9.17) is 10.3 Å². The molecule has 25 heavy (non-hydrogen) atoms. The second-order valence-corrected chi connectivity index (χ2v) is 8.03. The van der Waals surface area contributed by atoms with Crippen LogP contribution in [0.15, 0.2) is 51.2 Å². The molecule has 2 heterocycles. The third kappa shape index (κ3) is 4.03. The summed E-state index contributed by atoms with van der Waals surface area (Å²) in [6.07, 6.45) is 1.10. The fourth-order valence-electron chi connectivity index (χ4n) is 2.72. The van der Waals surface area contributed by atoms with Crippen molar-refractivity contribution in [3.05, 3.63) is 73.4 Å². The third-order valence-electron chi connectivity index (χ3n) is 4.02. The topological polar surface area (TPSA) is 113 Å². The molecule has 1 saturated heterocycles. The minimum absolute atomic E-state index is 0.177. The average molecular weight is 406 g/mol. The van der Waals surface area contributed by atoms with E-state index in [0.717, 1.165) is 5.32 Å². The van der Waals surface area contributed by atoms with Crippen molar-refractivity contribution in [2.75, 3.05) is 0 Å². The summed E-state index contributed by atoms with van der Waals surface area (Å²) in [6.45, 7) is 1.63. The molecular formula is C16H17N5O3Se. The summed E-state index contributed by atoms with van der Waals surface area (Å²) in [4.78, 5) is 28.8. The van der Waals surface area contributed by atoms with Crippen molar-refractivity contribution in [1.29, 1.82) is 0 Å². The van der Waals surface area contributed by atoms with Gasteiger partial charge in [-0.3, -0.25) is 0 Å². The second kappa shape index (κ2) is 7.72. The molecule has 0 aliphatic carbocycles. The number of nitrogens with zero attached hydrogens (tertiary/aromatic N) is 4. The van der Waals surface area contributed by atoms with Gasteiger partial charge in [0.2, 0.25) is 0 Å². The Balaban J connectivity index is 1.78. The van der Waals surface area contributed by atoms with Crippen molar-refractivity contribution in [1.82, 2.24) is 9.55 Å². The summed E-state index contributed by atoms with van der Waals surface area (Å²) >= 11 is 0.177. The maximum atomic E-state index is 12.1. The molecule has 2 aromatic rings. The van der Waals surface area contributed by atoms with Crippen molar-refractivity contribution >= 4 is 19.4 Å². The average Bonchev–Trinajstić information content (AvgIpc) is 3.00. The molecule has 0 amide bonds. The van der Waals surface area contributed by atoms with Gasteiger partial charge in [-0.25, -0.2) is 0 Å². The van der Waals surface area contributed by atoms with Gasteiger partial charge in [-0.2, -0.15) is 0 Å². The van der Waals surface area contributed by atoms with Crippen LogP contribution >= 0.6 is 0 Å². The number of hydrogen-bond acceptors (Lipinski definition) is 4. The molecule has 3 rings (SSSR count). The van der Waals surface area contributed by atoms with E-state index in [1.165, 1.54) is 15.2 Å². The Hall–Kier alpha value is -2.31. The molecule has 0 bridgehead atoms. The van der Waals surface area contributed by atoms with E-state index in [9.17, 15) is 9.59 Å². The van der Waals surface area contributed by atoms with E-state index in [1.54, 1.807) is 6.92 Å². The van der Waals surface area contributed by atoms with Gasteiger partial charge in [0.05, 0.1) is 0 Å². The Morgan fingerprint density at radius 2 is 2.16 bits per heavy atom. The SMILES string of the molecule is Cc1cn([C@H]2C[C@H](N=[N+]=[N-])[C@@H](C[Se]c3ccccc3)O2)c(=O)[nH]c1=O. The molecular weight excluding hydrogens is 389 g/mol. The van der Waals surface area contributed by atoms with Gasteiger partial charge in [0, 0.05) is 0 Å². The van der Waals surface area contributed by atoms with Gasteiger partial charge in [0.15, 0.2) is 0 Å². The number of rotatable bonds is 5. The van der Waals surface area contributed by atoms with Gasteiger partial charge in [-0.1, -0.05) is 0 Å². The zero-order valence-electron chi connectivity index (χ0n) is 13.5. The fourth-order valence-corrected chi connectivity index (χ4v) is 4.83. The number of nitrogens with one attached hydrogen (secondary N) is 1. The van der Waals surface area contributed by atoms with Crippen LogP contribution in [0.4, 0.5) is 0 Å². The number of H-pyrrole nitrogens is 1. The van der Waals surface area contributed by atoms with E-state index in [2.05, 4.69) is 27.1 Å². The zero-order valence-corrected chi connectivity index (χ0v) is 15.2. The predicted molar refractivity (Wildman–Crippen MR) is 94.2 cm³/mol. The molecule has 0 unspecified atom stereocenters. The number of aromatic nitrogens is 2. The molecule has 1 aliphatic heterocycles. The second-order valence-electron chi connectivity index (χ2n) is 5.74. The fraction of sp³-hybridized carbons (Fsp3) is 0.375. The van der Waals surface area contributed by atoms with Crippen LogP contribution in [0.3, 0.4) is 0 Å². The monoisotopic (exact) mass is 407 g/mol. The van der Waals surface area contributed by atoms with Gasteiger partial charge in [0.25, 0.3) is 0 Å². The summed E-state index contributed by atoms with van der Waals surface area (Å²) in [7, 11) is 0. The van der Waals surface area contributed by atoms with Crippen molar-refractivity contribution in [3.63, 3.8) is 0 Å². The van der Waals surface area contributed by atoms with E-state index >= 15 is 0 Å². The van der Waals surface area contributed by atoms with Crippen LogP contribution in [0.25, 0.3) is 10.4 Å². The number of aryl methyl sites for hydroxylation is 1. The van der Waals surface area contributed by atoms with Crippen molar-refractivity contribution in [2.45, 2.75) is 37.0 Å². The summed E-state index contributed by atoms with van der Waals surface area (Å²) in [5.74, 6) is 0. The first-order chi connectivity index (χ1) is 12.1. The van der Waals surface area contributed by atoms with Crippen LogP contribution in [0.1, 0.15) is 18.2 Å². The number of hydrogen-bond donors (Lipinski definition) is 1. The van der Waals surface area contributed by atoms with Crippen LogP contribution in [-0.2, 0) is 4.74 Å². The molecule has 0 radical (unpaired) electrons. The molecule has 8 nitrogen and oxygen atoms in total. The summed E-state index contributed by atoms with van der Waals surface area (Å²) in [6, 6.07) is 9.73. The van der Waals surface area contributed by atoms with Gasteiger partial charge in [-0.15, -0.1) is 0 Å². The standard InChI is InChI=1S/C16H17N5O3Se/c1-10-8-21(16(23)18-15(10)22)14-7-12(19-20-17)13(24-14)9-25-11-5-3-2-4-6-11/h2-6,8,12-14H,7,9H2,1H3,(H,18,22,23)/t12-,13+,14+/m0/s1. The normalized spacial score (nSPS) is 22.5. The van der Waals surface area contributed by atoms with Crippen molar-refractivity contribution in [3.8, 4) is 0 Å². The Morgan fingerprint density at radius 1 is 1.40 bits per heavy atom. The van der Waals surface area contributed by atoms with Gasteiger partial charge < -0.3 is 0 Å². The molecule has 130 valence electrons. The summed E-state index contributed by atoms with van der Waals surface area (Å²) < 4.78 is 8.60. The Labute approximate surface area is 149 Å². The number of ether oxygens (including phenoxy) is 1. The number of benzene rings is 1. The number of azide groups is 1. The molecule has 1 N–H and O–H groups in total. The third-order valence-corrected chi connectivity index (χ3v) is 6.33. The Kier molecular flexibility index (Phi) is 5.40. The maximum absolute atomic E-state index is 12.1. The first-order valence-corrected chi connectivity index (χ1v) is 9.85. The summed E-state index contributed by atoms with van der Waals surface area (Å²) in [5, 5.41) is 4.59. The predicted octanol–water partition coefficient (Wildman–Crippen LogP) is 1.26. The number of aromatic amines is 1. The Morgan fingerprint density at radius 3 is 2.88 bits per heavy atom. The van der Waals surface area contributed by atoms with Crippen molar-refractivity contribution in [2.24, 2.45) is 5.11 Å². The van der Waals surface area contributed by atoms with Gasteiger partial charge in [-0.05, 0) is 0 Å². The summed E-state index contributed by atoms with van der Waals surface area (Å²) in [5.41, 5.74) is 8.32. The molecule has 0 saturated carbocycles. The van der Waals surface area contributed by atoms with Crippen LogP contribution in [0, 0.1) is 6.92 Å². The molecule has 1 aliphatic rings. The molecule has 1 aromatic carbocycles. The quantitative estimate of drug-likeness (QED) is 0.349. The minimum atomic E-state index is -0.546. The molecule has 9 heteroatoms. The zero-order chi connectivity index (χ0) is 17.8. The van der Waals surface area contributed by atoms with Crippen LogP contribution in [0.2, 0.25) is 5.32 Å².